The van der Waals surface area contributed by atoms with E-state index in [1.165, 1.54) is 82.6 Å². The van der Waals surface area contributed by atoms with E-state index in [0.29, 0.717) is 28.6 Å². The minimum absolute atomic E-state index is 0. The van der Waals surface area contributed by atoms with Gasteiger partial charge in [0.25, 0.3) is 0 Å². The third-order valence-electron chi connectivity index (χ3n) is 7.98. The first-order valence-electron chi connectivity index (χ1n) is 14.4. The Morgan fingerprint density at radius 2 is 1.18 bits per heavy atom. The summed E-state index contributed by atoms with van der Waals surface area (Å²) in [5, 5.41) is 0. The molecule has 0 amide bonds. The summed E-state index contributed by atoms with van der Waals surface area (Å²) < 4.78 is 7.00. The first-order valence-corrected chi connectivity index (χ1v) is 16.5. The number of rotatable bonds is 8. The molecular weight excluding hydrogens is 452 g/mol. The van der Waals surface area contributed by atoms with Crippen LogP contribution in [0.4, 0.5) is 0 Å². The summed E-state index contributed by atoms with van der Waals surface area (Å²) in [5.74, 6) is 0.417. The maximum atomic E-state index is 7.00. The number of hydrogen-bond acceptors (Lipinski definition) is 1. The van der Waals surface area contributed by atoms with E-state index >= 15 is 0 Å². The largest absolute Gasteiger partial charge is 4.00 e. The van der Waals surface area contributed by atoms with Crippen LogP contribution in [0, 0.1) is 18.9 Å². The number of allylic oxidation sites excluding steroid dienone is 1. The average Bonchev–Trinajstić information content (AvgIpc) is 3.52. The van der Waals surface area contributed by atoms with E-state index in [-0.39, 0.29) is 21.7 Å². The molecule has 3 heteroatoms. The topological polar surface area (TPSA) is 9.23 Å². The molecule has 33 heavy (non-hydrogen) atoms. The van der Waals surface area contributed by atoms with Gasteiger partial charge in [-0.15, -0.1) is 0 Å². The molecule has 2 unspecified atom stereocenters. The van der Waals surface area contributed by atoms with Crippen molar-refractivity contribution in [3.8, 4) is 0 Å². The molecule has 0 aromatic carbocycles. The van der Waals surface area contributed by atoms with E-state index < -0.39 is 8.32 Å². The van der Waals surface area contributed by atoms with E-state index in [1.54, 1.807) is 0 Å². The first-order chi connectivity index (χ1) is 15.3. The molecule has 3 fully saturated rings. The predicted octanol–water partition coefficient (Wildman–Crippen LogP) is 10.6. The molecule has 0 N–H and O–H groups in total. The summed E-state index contributed by atoms with van der Waals surface area (Å²) in [6, 6.07) is 0. The minimum Gasteiger partial charge on any atom is -0.497 e. The second-order valence-corrected chi connectivity index (χ2v) is 16.9. The van der Waals surface area contributed by atoms with Gasteiger partial charge in [-0.05, 0) is 23.0 Å². The molecule has 0 spiro atoms. The van der Waals surface area contributed by atoms with Crippen LogP contribution in [0.3, 0.4) is 0 Å². The minimum atomic E-state index is -1.80. The van der Waals surface area contributed by atoms with Gasteiger partial charge < -0.3 is 17.4 Å². The average molecular weight is 511 g/mol. The van der Waals surface area contributed by atoms with Crippen LogP contribution in [0.5, 0.6) is 0 Å². The van der Waals surface area contributed by atoms with Crippen molar-refractivity contribution < 1.29 is 26.1 Å². The fourth-order valence-corrected chi connectivity index (χ4v) is 11.7. The quantitative estimate of drug-likeness (QED) is 0.179. The molecule has 3 saturated carbocycles. The zero-order chi connectivity index (χ0) is 24.0. The summed E-state index contributed by atoms with van der Waals surface area (Å²) in [4.78, 5) is 0. The Balaban J connectivity index is 0.000000754. The molecule has 0 aliphatic heterocycles. The molecule has 0 saturated heterocycles. The van der Waals surface area contributed by atoms with Gasteiger partial charge in [0.05, 0.1) is 0 Å². The van der Waals surface area contributed by atoms with E-state index in [1.807, 2.05) is 0 Å². The van der Waals surface area contributed by atoms with Crippen molar-refractivity contribution >= 4 is 8.32 Å². The third kappa shape index (κ3) is 11.5. The Hall–Kier alpha value is 0.631. The molecular formula is C30H58OSiTi+2. The first kappa shape index (κ1) is 33.6. The van der Waals surface area contributed by atoms with Gasteiger partial charge in [-0.1, -0.05) is 132 Å². The fourth-order valence-electron chi connectivity index (χ4n) is 6.14. The maximum Gasteiger partial charge on any atom is 4.00 e. The van der Waals surface area contributed by atoms with Crippen molar-refractivity contribution in [1.29, 1.82) is 0 Å². The molecule has 3 aliphatic carbocycles. The molecule has 0 bridgehead atoms. The maximum absolute atomic E-state index is 7.00. The van der Waals surface area contributed by atoms with Crippen LogP contribution in [0.25, 0.3) is 0 Å². The van der Waals surface area contributed by atoms with Crippen molar-refractivity contribution in [3.05, 3.63) is 18.6 Å². The Morgan fingerprint density at radius 1 is 0.788 bits per heavy atom. The standard InChI is InChI=1S/C20H38OSi.2C5H10.Ti/c1-9-10-11-12-19-18(8)13-14-20(19)21-22(15(2)3,16(4)5)17(6)7;2*1-2-4-5-3-1;/h15-18,20H,8-11,13-14H2,1-7H3;2*1-5H2;/q-2;;;+4. The van der Waals surface area contributed by atoms with Crippen LogP contribution < -0.4 is 0 Å². The molecule has 0 aromatic rings. The van der Waals surface area contributed by atoms with Crippen LogP contribution in [0.15, 0.2) is 5.57 Å². The Labute approximate surface area is 225 Å². The van der Waals surface area contributed by atoms with Crippen molar-refractivity contribution in [2.24, 2.45) is 5.92 Å². The van der Waals surface area contributed by atoms with Crippen molar-refractivity contribution in [1.82, 2.24) is 0 Å². The Morgan fingerprint density at radius 3 is 1.52 bits per heavy atom. The molecule has 3 rings (SSSR count). The van der Waals surface area contributed by atoms with Gasteiger partial charge in [-0.25, -0.2) is 0 Å². The summed E-state index contributed by atoms with van der Waals surface area (Å²) in [6.07, 6.45) is 24.8. The fraction of sp³-hybridized carbons (Fsp3) is 0.900. The second-order valence-electron chi connectivity index (χ2n) is 11.5. The molecule has 2 atom stereocenters. The molecule has 1 nitrogen and oxygen atoms in total. The van der Waals surface area contributed by atoms with Crippen LogP contribution in [-0.4, -0.2) is 14.4 Å². The van der Waals surface area contributed by atoms with E-state index in [0.717, 1.165) is 19.3 Å². The van der Waals surface area contributed by atoms with Gasteiger partial charge in [0.1, 0.15) is 0 Å². The Kier molecular flexibility index (Phi) is 19.2. The molecule has 190 valence electrons. The summed E-state index contributed by atoms with van der Waals surface area (Å²) >= 11 is 0. The van der Waals surface area contributed by atoms with Gasteiger partial charge >= 0.3 is 21.7 Å². The van der Waals surface area contributed by atoms with Crippen LogP contribution in [0.1, 0.15) is 145 Å². The van der Waals surface area contributed by atoms with E-state index in [2.05, 4.69) is 61.5 Å². The summed E-state index contributed by atoms with van der Waals surface area (Å²) in [7, 11) is -1.80. The molecule has 0 heterocycles. The number of hydrogen-bond donors (Lipinski definition) is 0. The normalized spacial score (nSPS) is 24.0. The van der Waals surface area contributed by atoms with Gasteiger partial charge in [0, 0.05) is 6.10 Å². The smallest absolute Gasteiger partial charge is 0.497 e. The van der Waals surface area contributed by atoms with Gasteiger partial charge in [0.15, 0.2) is 0 Å². The van der Waals surface area contributed by atoms with Gasteiger partial charge in [-0.3, -0.25) is 5.57 Å². The van der Waals surface area contributed by atoms with Crippen LogP contribution >= 0.6 is 0 Å². The summed E-state index contributed by atoms with van der Waals surface area (Å²) in [5.41, 5.74) is 3.32. The predicted molar refractivity (Wildman–Crippen MR) is 146 cm³/mol. The van der Waals surface area contributed by atoms with Crippen molar-refractivity contribution in [2.45, 2.75) is 168 Å². The van der Waals surface area contributed by atoms with E-state index in [9.17, 15) is 0 Å². The SMILES string of the molecule is C1CCCC1.C1CCCC1.[CH2-]C1CCC(O[Si](C(C)C)(C(C)C)C(C)C)C1=[C-]CCCC.[Ti+4]. The molecule has 0 aromatic heterocycles. The van der Waals surface area contributed by atoms with Crippen LogP contribution in [-0.2, 0) is 26.1 Å². The van der Waals surface area contributed by atoms with Gasteiger partial charge in [0.2, 0.25) is 8.32 Å². The third-order valence-corrected chi connectivity index (χ3v) is 14.1. The Bertz CT molecular complexity index is 445. The monoisotopic (exact) mass is 510 g/mol. The van der Waals surface area contributed by atoms with E-state index in [4.69, 9.17) is 4.43 Å². The zero-order valence-corrected chi connectivity index (χ0v) is 26.2. The summed E-state index contributed by atoms with van der Waals surface area (Å²) in [6.45, 7) is 20.8. The van der Waals surface area contributed by atoms with Crippen molar-refractivity contribution in [3.63, 3.8) is 0 Å². The zero-order valence-electron chi connectivity index (χ0n) is 23.6. The van der Waals surface area contributed by atoms with Gasteiger partial charge in [-0.2, -0.15) is 12.3 Å². The number of unbranched alkanes of at least 4 members (excludes halogenated alkanes) is 2. The van der Waals surface area contributed by atoms with Crippen LogP contribution in [0.2, 0.25) is 16.6 Å². The molecule has 0 radical (unpaired) electrons. The second kappa shape index (κ2) is 18.8. The molecule has 3 aliphatic rings. The van der Waals surface area contributed by atoms with Crippen molar-refractivity contribution in [2.75, 3.05) is 0 Å².